The molecule has 7 heteroatoms. The Hall–Kier alpha value is -2.16. The lowest BCUT2D eigenvalue weighted by atomic mass is 10.2. The Bertz CT molecular complexity index is 849. The summed E-state index contributed by atoms with van der Waals surface area (Å²) in [5.74, 6) is 0. The van der Waals surface area contributed by atoms with Crippen LogP contribution in [0.3, 0.4) is 0 Å². The number of hydrogen-bond donors (Lipinski definition) is 2. The monoisotopic (exact) mass is 394 g/mol. The van der Waals surface area contributed by atoms with E-state index < -0.39 is 5.56 Å². The molecule has 0 spiro atoms. The second-order valence-electron chi connectivity index (χ2n) is 4.41. The van der Waals surface area contributed by atoms with Gasteiger partial charge >= 0.3 is 0 Å². The van der Waals surface area contributed by atoms with Crippen LogP contribution >= 0.6 is 22.6 Å². The van der Waals surface area contributed by atoms with E-state index in [1.54, 1.807) is 6.20 Å². The fourth-order valence-electron chi connectivity index (χ4n) is 2.04. The van der Waals surface area contributed by atoms with E-state index in [1.807, 2.05) is 52.9 Å². The normalized spacial score (nSPS) is 10.7. The molecule has 0 saturated carbocycles. The van der Waals surface area contributed by atoms with E-state index in [1.165, 1.54) is 6.33 Å². The molecule has 1 aromatic carbocycles. The first-order valence-electron chi connectivity index (χ1n) is 6.19. The summed E-state index contributed by atoms with van der Waals surface area (Å²) in [6.07, 6.45) is 2.87. The molecule has 0 aliphatic rings. The third-order valence-electron chi connectivity index (χ3n) is 3.07. The first kappa shape index (κ1) is 13.8. The summed E-state index contributed by atoms with van der Waals surface area (Å²) in [7, 11) is 0. The molecule has 6 nitrogen and oxygen atoms in total. The maximum absolute atomic E-state index is 12.0. The zero-order valence-electron chi connectivity index (χ0n) is 10.8. The highest BCUT2D eigenvalue weighted by Gasteiger charge is 2.15. The fraction of sp³-hybridized carbons (Fsp3) is 0.0714. The molecule has 0 radical (unpaired) electrons. The average Bonchev–Trinajstić information content (AvgIpc) is 2.54. The smallest absolute Gasteiger partial charge is 0.300 e. The summed E-state index contributed by atoms with van der Waals surface area (Å²) in [6, 6.07) is 9.84. The number of halogens is 1. The Kier molecular flexibility index (Phi) is 3.74. The lowest BCUT2D eigenvalue weighted by Gasteiger charge is -2.12. The van der Waals surface area contributed by atoms with Crippen molar-refractivity contribution in [1.82, 2.24) is 14.7 Å². The topological polar surface area (TPSA) is 80.0 Å². The lowest BCUT2D eigenvalue weighted by molar-refractivity contribution is 0.186. The second kappa shape index (κ2) is 5.68. The van der Waals surface area contributed by atoms with E-state index in [0.29, 0.717) is 25.9 Å². The molecule has 2 N–H and O–H groups in total. The van der Waals surface area contributed by atoms with Gasteiger partial charge in [-0.15, -0.1) is 4.73 Å². The van der Waals surface area contributed by atoms with E-state index in [-0.39, 0.29) is 5.65 Å². The maximum atomic E-state index is 12.0. The van der Waals surface area contributed by atoms with Crippen molar-refractivity contribution in [2.24, 2.45) is 0 Å². The van der Waals surface area contributed by atoms with Crippen LogP contribution < -0.4 is 10.9 Å². The van der Waals surface area contributed by atoms with E-state index in [9.17, 15) is 10.0 Å². The molecule has 0 atom stereocenters. The van der Waals surface area contributed by atoms with Gasteiger partial charge in [0, 0.05) is 12.7 Å². The molecule has 106 valence electrons. The van der Waals surface area contributed by atoms with Gasteiger partial charge < -0.3 is 10.5 Å². The molecule has 3 aromatic rings. The Morgan fingerprint density at radius 2 is 2.05 bits per heavy atom. The van der Waals surface area contributed by atoms with Crippen LogP contribution in [0, 0.1) is 3.57 Å². The molecule has 3 rings (SSSR count). The van der Waals surface area contributed by atoms with Crippen molar-refractivity contribution in [3.63, 3.8) is 0 Å². The van der Waals surface area contributed by atoms with Crippen LogP contribution in [0.15, 0.2) is 47.7 Å². The van der Waals surface area contributed by atoms with Crippen molar-refractivity contribution in [3.8, 4) is 0 Å². The lowest BCUT2D eigenvalue weighted by Crippen LogP contribution is -2.23. The van der Waals surface area contributed by atoms with E-state index in [0.717, 1.165) is 5.56 Å². The molecule has 0 saturated heterocycles. The van der Waals surface area contributed by atoms with Gasteiger partial charge in [0.1, 0.15) is 9.90 Å². The molecule has 2 heterocycles. The number of fused-ring (bicyclic) bond motifs is 1. The van der Waals surface area contributed by atoms with Gasteiger partial charge in [-0.1, -0.05) is 30.3 Å². The third-order valence-corrected chi connectivity index (χ3v) is 4.07. The first-order chi connectivity index (χ1) is 10.2. The zero-order valence-corrected chi connectivity index (χ0v) is 13.0. The van der Waals surface area contributed by atoms with Crippen LogP contribution in [0.4, 0.5) is 5.69 Å². The van der Waals surface area contributed by atoms with Crippen LogP contribution in [-0.4, -0.2) is 19.9 Å². The van der Waals surface area contributed by atoms with Gasteiger partial charge in [-0.2, -0.15) is 0 Å². The predicted octanol–water partition coefficient (Wildman–Crippen LogP) is 2.25. The van der Waals surface area contributed by atoms with Crippen molar-refractivity contribution < 1.29 is 5.21 Å². The van der Waals surface area contributed by atoms with E-state index >= 15 is 0 Å². The molecule has 0 amide bonds. The number of nitrogens with one attached hydrogen (secondary N) is 1. The Morgan fingerprint density at radius 1 is 1.29 bits per heavy atom. The van der Waals surface area contributed by atoms with Gasteiger partial charge in [0.2, 0.25) is 0 Å². The number of anilines is 1. The number of hydrogen-bond acceptors (Lipinski definition) is 5. The van der Waals surface area contributed by atoms with Gasteiger partial charge in [-0.3, -0.25) is 4.79 Å². The highest BCUT2D eigenvalue weighted by Crippen LogP contribution is 2.24. The Labute approximate surface area is 133 Å². The minimum absolute atomic E-state index is 0.186. The molecule has 0 aliphatic heterocycles. The second-order valence-corrected chi connectivity index (χ2v) is 5.48. The van der Waals surface area contributed by atoms with Crippen LogP contribution in [0.5, 0.6) is 0 Å². The molecule has 0 unspecified atom stereocenters. The van der Waals surface area contributed by atoms with Gasteiger partial charge in [0.25, 0.3) is 5.56 Å². The molecular formula is C14H11IN4O2. The minimum Gasteiger partial charge on any atom is -0.423 e. The third kappa shape index (κ3) is 2.56. The van der Waals surface area contributed by atoms with Crippen molar-refractivity contribution in [2.45, 2.75) is 6.54 Å². The van der Waals surface area contributed by atoms with Gasteiger partial charge in [0.05, 0.1) is 11.1 Å². The fourth-order valence-corrected chi connectivity index (χ4v) is 2.75. The van der Waals surface area contributed by atoms with Crippen molar-refractivity contribution in [2.75, 3.05) is 5.32 Å². The first-order valence-corrected chi connectivity index (χ1v) is 7.27. The van der Waals surface area contributed by atoms with Gasteiger partial charge in [-0.05, 0) is 28.2 Å². The highest BCUT2D eigenvalue weighted by molar-refractivity contribution is 14.1. The summed E-state index contributed by atoms with van der Waals surface area (Å²) >= 11 is 1.91. The summed E-state index contributed by atoms with van der Waals surface area (Å²) in [4.78, 5) is 19.9. The summed E-state index contributed by atoms with van der Waals surface area (Å²) in [5, 5.41) is 13.7. The molecule has 21 heavy (non-hydrogen) atoms. The standard InChI is InChI=1S/C14H11IN4O2/c15-11-12(17-6-9-4-2-1-3-5-9)10-7-16-8-18-13(10)19(21)14(11)20/h1-5,7-8,17,21H,6H2. The van der Waals surface area contributed by atoms with Crippen LogP contribution in [0.1, 0.15) is 5.56 Å². The molecule has 0 aliphatic carbocycles. The number of rotatable bonds is 3. The quantitative estimate of drug-likeness (QED) is 0.526. The number of nitrogens with zero attached hydrogens (tertiary/aromatic N) is 3. The molecule has 2 aromatic heterocycles. The van der Waals surface area contributed by atoms with Crippen molar-refractivity contribution in [1.29, 1.82) is 0 Å². The zero-order chi connectivity index (χ0) is 14.8. The van der Waals surface area contributed by atoms with E-state index in [2.05, 4.69) is 15.3 Å². The number of aromatic nitrogens is 3. The van der Waals surface area contributed by atoms with E-state index in [4.69, 9.17) is 0 Å². The molecule has 0 fully saturated rings. The average molecular weight is 394 g/mol. The summed E-state index contributed by atoms with van der Waals surface area (Å²) in [6.45, 7) is 0.565. The predicted molar refractivity (Wildman–Crippen MR) is 87.5 cm³/mol. The summed E-state index contributed by atoms with van der Waals surface area (Å²) in [5.41, 5.74) is 1.40. The minimum atomic E-state index is -0.502. The van der Waals surface area contributed by atoms with Crippen molar-refractivity contribution >= 4 is 39.3 Å². The molecular weight excluding hydrogens is 383 g/mol. The Morgan fingerprint density at radius 3 is 2.81 bits per heavy atom. The largest absolute Gasteiger partial charge is 0.423 e. The van der Waals surface area contributed by atoms with Gasteiger partial charge in [-0.25, -0.2) is 9.97 Å². The molecule has 0 bridgehead atoms. The van der Waals surface area contributed by atoms with Crippen LogP contribution in [-0.2, 0) is 6.54 Å². The van der Waals surface area contributed by atoms with Gasteiger partial charge in [0.15, 0.2) is 5.65 Å². The maximum Gasteiger partial charge on any atom is 0.300 e. The SMILES string of the molecule is O=c1c(I)c(NCc2ccccc2)c2cncnc2n1O. The van der Waals surface area contributed by atoms with Crippen LogP contribution in [0.2, 0.25) is 0 Å². The highest BCUT2D eigenvalue weighted by atomic mass is 127. The number of pyridine rings is 1. The summed E-state index contributed by atoms with van der Waals surface area (Å²) < 4.78 is 0.945. The van der Waals surface area contributed by atoms with Crippen LogP contribution in [0.25, 0.3) is 11.0 Å². The van der Waals surface area contributed by atoms with Crippen molar-refractivity contribution in [3.05, 3.63) is 62.3 Å². The number of benzene rings is 1. The Balaban J connectivity index is 2.08.